The minimum Gasteiger partial charge on any atom is -0.366 e. The largest absolute Gasteiger partial charge is 0.366 e. The molecule has 2 aromatic rings. The summed E-state index contributed by atoms with van der Waals surface area (Å²) in [7, 11) is 0. The molecule has 1 aromatic heterocycles. The number of likely N-dealkylation sites (tertiary alicyclic amines) is 1. The highest BCUT2D eigenvalue weighted by molar-refractivity contribution is 6.02. The van der Waals surface area contributed by atoms with Crippen LogP contribution in [0.25, 0.3) is 11.1 Å². The van der Waals surface area contributed by atoms with Gasteiger partial charge in [-0.2, -0.15) is 0 Å². The van der Waals surface area contributed by atoms with Gasteiger partial charge in [-0.15, -0.1) is 0 Å². The van der Waals surface area contributed by atoms with Crippen LogP contribution in [0.2, 0.25) is 0 Å². The molecule has 3 rings (SSSR count). The second-order valence-electron chi connectivity index (χ2n) is 7.46. The van der Waals surface area contributed by atoms with Crippen molar-refractivity contribution < 1.29 is 9.18 Å². The Balaban J connectivity index is 2.04. The number of halogens is 1. The number of piperidine rings is 1. The summed E-state index contributed by atoms with van der Waals surface area (Å²) in [4.78, 5) is 14.8. The van der Waals surface area contributed by atoms with Gasteiger partial charge in [0.15, 0.2) is 0 Å². The number of nitrogens with two attached hydrogens (primary N) is 1. The van der Waals surface area contributed by atoms with Crippen LogP contribution < -0.4 is 5.73 Å². The lowest BCUT2D eigenvalue weighted by atomic mass is 9.98. The van der Waals surface area contributed by atoms with Gasteiger partial charge in [-0.1, -0.05) is 31.9 Å². The van der Waals surface area contributed by atoms with Crippen molar-refractivity contribution in [2.45, 2.75) is 52.5 Å². The van der Waals surface area contributed by atoms with E-state index in [2.05, 4.69) is 16.4 Å². The Morgan fingerprint density at radius 1 is 1.19 bits per heavy atom. The molecule has 1 aliphatic heterocycles. The van der Waals surface area contributed by atoms with Crippen LogP contribution >= 0.6 is 0 Å². The Morgan fingerprint density at radius 2 is 1.93 bits per heavy atom. The average molecular weight is 372 g/mol. The van der Waals surface area contributed by atoms with E-state index in [4.69, 9.17) is 5.73 Å². The molecule has 1 amide bonds. The zero-order chi connectivity index (χ0) is 19.4. The third-order valence-electron chi connectivity index (χ3n) is 5.57. The van der Waals surface area contributed by atoms with Gasteiger partial charge in [-0.3, -0.25) is 4.79 Å². The van der Waals surface area contributed by atoms with E-state index < -0.39 is 5.91 Å². The van der Waals surface area contributed by atoms with E-state index in [1.807, 2.05) is 13.0 Å². The maximum absolute atomic E-state index is 13.9. The standard InChI is InChI=1S/C22H30FN3O/c1-3-8-19-21(17-9-7-10-18(23)15-17)20(22(24)27)16(2)26(19)14-13-25-11-5-4-6-12-25/h7,9-10,15H,3-6,8,11-14H2,1-2H3,(H2,24,27). The van der Waals surface area contributed by atoms with Crippen LogP contribution in [0.4, 0.5) is 4.39 Å². The fraction of sp³-hybridized carbons (Fsp3) is 0.500. The molecule has 5 heteroatoms. The smallest absolute Gasteiger partial charge is 0.251 e. The van der Waals surface area contributed by atoms with Crippen molar-refractivity contribution in [2.75, 3.05) is 19.6 Å². The Labute approximate surface area is 161 Å². The first kappa shape index (κ1) is 19.6. The SMILES string of the molecule is CCCc1c(-c2cccc(F)c2)c(C(N)=O)c(C)n1CCN1CCCCC1. The van der Waals surface area contributed by atoms with Crippen LogP contribution in [0.1, 0.15) is 54.4 Å². The highest BCUT2D eigenvalue weighted by atomic mass is 19.1. The second kappa shape index (κ2) is 8.70. The van der Waals surface area contributed by atoms with Crippen molar-refractivity contribution in [1.29, 1.82) is 0 Å². The summed E-state index contributed by atoms with van der Waals surface area (Å²) in [5.74, 6) is -0.745. The molecule has 1 fully saturated rings. The van der Waals surface area contributed by atoms with Gasteiger partial charge >= 0.3 is 0 Å². The van der Waals surface area contributed by atoms with Crippen molar-refractivity contribution in [2.24, 2.45) is 5.73 Å². The molecular weight excluding hydrogens is 341 g/mol. The van der Waals surface area contributed by atoms with E-state index in [9.17, 15) is 9.18 Å². The first-order valence-corrected chi connectivity index (χ1v) is 10.0. The Kier molecular flexibility index (Phi) is 6.32. The van der Waals surface area contributed by atoms with Gasteiger partial charge in [-0.05, 0) is 57.0 Å². The molecule has 2 heterocycles. The van der Waals surface area contributed by atoms with Crippen LogP contribution in [0.5, 0.6) is 0 Å². The minimum absolute atomic E-state index is 0.302. The predicted molar refractivity (Wildman–Crippen MR) is 107 cm³/mol. The number of primary amides is 1. The van der Waals surface area contributed by atoms with E-state index in [-0.39, 0.29) is 5.82 Å². The normalized spacial score (nSPS) is 15.2. The first-order chi connectivity index (χ1) is 13.0. The van der Waals surface area contributed by atoms with Crippen molar-refractivity contribution in [1.82, 2.24) is 9.47 Å². The minimum atomic E-state index is -0.444. The number of amides is 1. The third-order valence-corrected chi connectivity index (χ3v) is 5.57. The van der Waals surface area contributed by atoms with Gasteiger partial charge in [0.1, 0.15) is 5.82 Å². The number of carbonyl (C=O) groups is 1. The Bertz CT molecular complexity index is 806. The van der Waals surface area contributed by atoms with E-state index >= 15 is 0 Å². The van der Waals surface area contributed by atoms with Gasteiger partial charge < -0.3 is 15.2 Å². The molecule has 0 spiro atoms. The molecule has 0 atom stereocenters. The molecule has 2 N–H and O–H groups in total. The zero-order valence-corrected chi connectivity index (χ0v) is 16.4. The Hall–Kier alpha value is -2.14. The predicted octanol–water partition coefficient (Wildman–Crippen LogP) is 4.14. The van der Waals surface area contributed by atoms with Crippen LogP contribution in [-0.4, -0.2) is 35.0 Å². The summed E-state index contributed by atoms with van der Waals surface area (Å²) in [5.41, 5.74) is 9.80. The fourth-order valence-electron chi connectivity index (χ4n) is 4.28. The molecule has 4 nitrogen and oxygen atoms in total. The van der Waals surface area contributed by atoms with Crippen LogP contribution in [0.3, 0.4) is 0 Å². The number of hydrogen-bond acceptors (Lipinski definition) is 2. The number of benzene rings is 1. The molecule has 0 unspecified atom stereocenters. The number of rotatable bonds is 7. The summed E-state index contributed by atoms with van der Waals surface area (Å²) in [6.45, 7) is 8.16. The number of nitrogens with zero attached hydrogens (tertiary/aromatic N) is 2. The van der Waals surface area contributed by atoms with E-state index in [0.717, 1.165) is 61.5 Å². The topological polar surface area (TPSA) is 51.3 Å². The maximum atomic E-state index is 13.9. The summed E-state index contributed by atoms with van der Waals surface area (Å²) < 4.78 is 16.1. The lowest BCUT2D eigenvalue weighted by Gasteiger charge is -2.27. The van der Waals surface area contributed by atoms with Crippen LogP contribution in [0, 0.1) is 12.7 Å². The van der Waals surface area contributed by atoms with Gasteiger partial charge in [0.2, 0.25) is 0 Å². The first-order valence-electron chi connectivity index (χ1n) is 10.0. The average Bonchev–Trinajstić information content (AvgIpc) is 2.93. The summed E-state index contributed by atoms with van der Waals surface area (Å²) in [6.07, 6.45) is 5.62. The van der Waals surface area contributed by atoms with Crippen molar-refractivity contribution in [3.05, 3.63) is 47.0 Å². The Morgan fingerprint density at radius 3 is 2.56 bits per heavy atom. The van der Waals surface area contributed by atoms with Gasteiger partial charge in [-0.25, -0.2) is 4.39 Å². The molecular formula is C22H30FN3O. The van der Waals surface area contributed by atoms with Gasteiger partial charge in [0, 0.05) is 30.0 Å². The van der Waals surface area contributed by atoms with Crippen LogP contribution in [0.15, 0.2) is 24.3 Å². The highest BCUT2D eigenvalue weighted by Gasteiger charge is 2.25. The number of hydrogen-bond donors (Lipinski definition) is 1. The number of carbonyl (C=O) groups excluding carboxylic acids is 1. The van der Waals surface area contributed by atoms with Gasteiger partial charge in [0.25, 0.3) is 5.91 Å². The molecule has 146 valence electrons. The molecule has 0 radical (unpaired) electrons. The summed E-state index contributed by atoms with van der Waals surface area (Å²) in [5, 5.41) is 0. The lowest BCUT2D eigenvalue weighted by molar-refractivity contribution is 0.1000. The lowest BCUT2D eigenvalue weighted by Crippen LogP contribution is -2.33. The fourth-order valence-corrected chi connectivity index (χ4v) is 4.28. The molecule has 1 saturated heterocycles. The summed E-state index contributed by atoms with van der Waals surface area (Å²) in [6, 6.07) is 6.46. The third kappa shape index (κ3) is 4.24. The molecule has 0 bridgehead atoms. The quantitative estimate of drug-likeness (QED) is 0.795. The van der Waals surface area contributed by atoms with Gasteiger partial charge in [0.05, 0.1) is 5.56 Å². The van der Waals surface area contributed by atoms with Crippen molar-refractivity contribution in [3.63, 3.8) is 0 Å². The molecule has 1 aliphatic rings. The molecule has 0 aliphatic carbocycles. The van der Waals surface area contributed by atoms with E-state index in [1.54, 1.807) is 6.07 Å². The van der Waals surface area contributed by atoms with E-state index in [0.29, 0.717) is 5.56 Å². The second-order valence-corrected chi connectivity index (χ2v) is 7.46. The van der Waals surface area contributed by atoms with Crippen molar-refractivity contribution in [3.8, 4) is 11.1 Å². The van der Waals surface area contributed by atoms with E-state index in [1.165, 1.54) is 31.4 Å². The molecule has 0 saturated carbocycles. The highest BCUT2D eigenvalue weighted by Crippen LogP contribution is 2.34. The van der Waals surface area contributed by atoms with Crippen molar-refractivity contribution >= 4 is 5.91 Å². The summed E-state index contributed by atoms with van der Waals surface area (Å²) >= 11 is 0. The monoisotopic (exact) mass is 371 g/mol. The zero-order valence-electron chi connectivity index (χ0n) is 16.4. The van der Waals surface area contributed by atoms with Crippen LogP contribution in [-0.2, 0) is 13.0 Å². The molecule has 27 heavy (non-hydrogen) atoms. The molecule has 1 aromatic carbocycles. The number of aromatic nitrogens is 1. The maximum Gasteiger partial charge on any atom is 0.251 e.